The molecule has 4 nitrogen and oxygen atoms in total. The summed E-state index contributed by atoms with van der Waals surface area (Å²) in [5.41, 5.74) is 0.432. The molecular formula is C12H14ClNO3. The van der Waals surface area contributed by atoms with Gasteiger partial charge in [0.05, 0.1) is 11.1 Å². The molecule has 0 saturated carbocycles. The van der Waals surface area contributed by atoms with Gasteiger partial charge in [-0.3, -0.25) is 4.79 Å². The number of β-amino-alcohol motifs (C(OH)–C–C–N with tert-alkyl or cyclic N) is 1. The summed E-state index contributed by atoms with van der Waals surface area (Å²) in [4.78, 5) is 13.7. The van der Waals surface area contributed by atoms with E-state index in [-0.39, 0.29) is 16.7 Å². The average molecular weight is 256 g/mol. The van der Waals surface area contributed by atoms with Crippen LogP contribution in [0.25, 0.3) is 0 Å². The number of amides is 1. The number of piperidine rings is 1. The van der Waals surface area contributed by atoms with E-state index in [9.17, 15) is 15.0 Å². The summed E-state index contributed by atoms with van der Waals surface area (Å²) in [6.45, 7) is 1.01. The van der Waals surface area contributed by atoms with Crippen LogP contribution in [-0.2, 0) is 0 Å². The number of carbonyl (C=O) groups is 1. The summed E-state index contributed by atoms with van der Waals surface area (Å²) in [6.07, 6.45) is 1.10. The highest BCUT2D eigenvalue weighted by Gasteiger charge is 2.23. The second-order valence-electron chi connectivity index (χ2n) is 4.21. The number of hydrogen-bond acceptors (Lipinski definition) is 3. The van der Waals surface area contributed by atoms with Crippen LogP contribution in [0.15, 0.2) is 18.2 Å². The van der Waals surface area contributed by atoms with Gasteiger partial charge in [0.1, 0.15) is 5.75 Å². The predicted octanol–water partition coefficient (Wildman–Crippen LogP) is 1.64. The van der Waals surface area contributed by atoms with Crippen LogP contribution in [0.2, 0.25) is 5.02 Å². The topological polar surface area (TPSA) is 60.8 Å². The molecule has 0 unspecified atom stereocenters. The molecule has 0 bridgehead atoms. The van der Waals surface area contributed by atoms with E-state index in [1.807, 2.05) is 0 Å². The van der Waals surface area contributed by atoms with E-state index in [1.165, 1.54) is 18.2 Å². The summed E-state index contributed by atoms with van der Waals surface area (Å²) in [7, 11) is 0. The molecule has 5 heteroatoms. The molecule has 1 aliphatic rings. The van der Waals surface area contributed by atoms with Crippen LogP contribution in [0.4, 0.5) is 0 Å². The molecule has 0 aliphatic carbocycles. The smallest absolute Gasteiger partial charge is 0.253 e. The Hall–Kier alpha value is -1.26. The number of benzene rings is 1. The van der Waals surface area contributed by atoms with Crippen molar-refractivity contribution in [2.75, 3.05) is 13.1 Å². The van der Waals surface area contributed by atoms with Gasteiger partial charge in [0.25, 0.3) is 5.91 Å². The molecular weight excluding hydrogens is 242 g/mol. The van der Waals surface area contributed by atoms with Crippen molar-refractivity contribution in [1.82, 2.24) is 4.90 Å². The van der Waals surface area contributed by atoms with Crippen molar-refractivity contribution in [2.45, 2.75) is 18.9 Å². The summed E-state index contributed by atoms with van der Waals surface area (Å²) in [5, 5.41) is 19.0. The van der Waals surface area contributed by atoms with E-state index in [4.69, 9.17) is 11.6 Å². The van der Waals surface area contributed by atoms with Gasteiger partial charge in [-0.1, -0.05) is 11.6 Å². The fourth-order valence-corrected chi connectivity index (χ4v) is 2.14. The Morgan fingerprint density at radius 1 is 1.47 bits per heavy atom. The summed E-state index contributed by atoms with van der Waals surface area (Å²) >= 11 is 5.76. The van der Waals surface area contributed by atoms with Crippen molar-refractivity contribution >= 4 is 17.5 Å². The molecule has 1 aliphatic heterocycles. The molecule has 0 aromatic heterocycles. The maximum Gasteiger partial charge on any atom is 0.253 e. The predicted molar refractivity (Wildman–Crippen MR) is 64.3 cm³/mol. The molecule has 1 fully saturated rings. The van der Waals surface area contributed by atoms with Gasteiger partial charge in [-0.05, 0) is 31.0 Å². The van der Waals surface area contributed by atoms with E-state index >= 15 is 0 Å². The van der Waals surface area contributed by atoms with Gasteiger partial charge in [0.2, 0.25) is 0 Å². The van der Waals surface area contributed by atoms with Crippen LogP contribution in [-0.4, -0.2) is 40.2 Å². The van der Waals surface area contributed by atoms with Crippen molar-refractivity contribution in [2.24, 2.45) is 0 Å². The van der Waals surface area contributed by atoms with Crippen molar-refractivity contribution < 1.29 is 15.0 Å². The quantitative estimate of drug-likeness (QED) is 0.802. The van der Waals surface area contributed by atoms with Gasteiger partial charge in [0.15, 0.2) is 0 Å². The highest BCUT2D eigenvalue weighted by molar-refractivity contribution is 6.32. The normalized spacial score (nSPS) is 20.4. The molecule has 2 rings (SSSR count). The van der Waals surface area contributed by atoms with Gasteiger partial charge in [-0.15, -0.1) is 0 Å². The van der Waals surface area contributed by atoms with Crippen molar-refractivity contribution in [1.29, 1.82) is 0 Å². The standard InChI is InChI=1S/C12H14ClNO3/c13-10-6-8(3-4-11(10)16)12(17)14-5-1-2-9(15)7-14/h3-4,6,9,15-16H,1-2,5,7H2/t9-/m0/s1. The number of phenols is 1. The van der Waals surface area contributed by atoms with Gasteiger partial charge >= 0.3 is 0 Å². The highest BCUT2D eigenvalue weighted by Crippen LogP contribution is 2.24. The molecule has 0 spiro atoms. The third-order valence-corrected chi connectivity index (χ3v) is 3.18. The lowest BCUT2D eigenvalue weighted by molar-refractivity contribution is 0.0474. The fourth-order valence-electron chi connectivity index (χ4n) is 1.96. The highest BCUT2D eigenvalue weighted by atomic mass is 35.5. The number of phenolic OH excluding ortho intramolecular Hbond substituents is 1. The molecule has 1 saturated heterocycles. The first-order chi connectivity index (χ1) is 8.08. The lowest BCUT2D eigenvalue weighted by Crippen LogP contribution is -2.42. The fraction of sp³-hybridized carbons (Fsp3) is 0.417. The number of rotatable bonds is 1. The SMILES string of the molecule is O=C(c1ccc(O)c(Cl)c1)N1CCC[C@H](O)C1. The Labute approximate surface area is 104 Å². The zero-order valence-corrected chi connectivity index (χ0v) is 10.0. The molecule has 1 aromatic rings. The van der Waals surface area contributed by atoms with Crippen molar-refractivity contribution in [3.63, 3.8) is 0 Å². The van der Waals surface area contributed by atoms with Gasteiger partial charge in [-0.25, -0.2) is 0 Å². The molecule has 1 aromatic carbocycles. The van der Waals surface area contributed by atoms with Crippen LogP contribution < -0.4 is 0 Å². The van der Waals surface area contributed by atoms with Gasteiger partial charge in [-0.2, -0.15) is 0 Å². The minimum absolute atomic E-state index is 0.0399. The first-order valence-electron chi connectivity index (χ1n) is 5.54. The third-order valence-electron chi connectivity index (χ3n) is 2.88. The maximum atomic E-state index is 12.1. The number of carbonyl (C=O) groups excluding carboxylic acids is 1. The number of aromatic hydroxyl groups is 1. The minimum atomic E-state index is -0.444. The molecule has 2 N–H and O–H groups in total. The van der Waals surface area contributed by atoms with E-state index in [0.29, 0.717) is 18.7 Å². The van der Waals surface area contributed by atoms with Crippen LogP contribution >= 0.6 is 11.6 Å². The molecule has 17 heavy (non-hydrogen) atoms. The molecule has 1 heterocycles. The van der Waals surface area contributed by atoms with Crippen LogP contribution in [0, 0.1) is 0 Å². The van der Waals surface area contributed by atoms with Gasteiger partial charge < -0.3 is 15.1 Å². The number of aliphatic hydroxyl groups is 1. The average Bonchev–Trinajstić information content (AvgIpc) is 2.32. The number of hydrogen-bond donors (Lipinski definition) is 2. The number of aliphatic hydroxyl groups excluding tert-OH is 1. The summed E-state index contributed by atoms with van der Waals surface area (Å²) in [6, 6.07) is 4.38. The summed E-state index contributed by atoms with van der Waals surface area (Å²) < 4.78 is 0. The summed E-state index contributed by atoms with van der Waals surface area (Å²) in [5.74, 6) is -0.201. The Morgan fingerprint density at radius 2 is 2.24 bits per heavy atom. The monoisotopic (exact) mass is 255 g/mol. The Morgan fingerprint density at radius 3 is 2.88 bits per heavy atom. The Balaban J connectivity index is 2.15. The van der Waals surface area contributed by atoms with E-state index in [2.05, 4.69) is 0 Å². The first-order valence-corrected chi connectivity index (χ1v) is 5.91. The Bertz CT molecular complexity index is 436. The molecule has 1 atom stereocenters. The van der Waals surface area contributed by atoms with E-state index in [0.717, 1.165) is 12.8 Å². The van der Waals surface area contributed by atoms with Crippen LogP contribution in [0.1, 0.15) is 23.2 Å². The zero-order chi connectivity index (χ0) is 12.4. The Kier molecular flexibility index (Phi) is 3.54. The van der Waals surface area contributed by atoms with E-state index in [1.54, 1.807) is 4.90 Å². The van der Waals surface area contributed by atoms with Gasteiger partial charge in [0, 0.05) is 18.7 Å². The van der Waals surface area contributed by atoms with Crippen molar-refractivity contribution in [3.8, 4) is 5.75 Å². The molecule has 92 valence electrons. The first kappa shape index (κ1) is 12.2. The second kappa shape index (κ2) is 4.94. The number of likely N-dealkylation sites (tertiary alicyclic amines) is 1. The third kappa shape index (κ3) is 2.70. The zero-order valence-electron chi connectivity index (χ0n) is 9.27. The minimum Gasteiger partial charge on any atom is -0.506 e. The van der Waals surface area contributed by atoms with Crippen molar-refractivity contribution in [3.05, 3.63) is 28.8 Å². The molecule has 0 radical (unpaired) electrons. The lowest BCUT2D eigenvalue weighted by atomic mass is 10.1. The lowest BCUT2D eigenvalue weighted by Gasteiger charge is -2.30. The number of halogens is 1. The van der Waals surface area contributed by atoms with E-state index < -0.39 is 6.10 Å². The number of nitrogens with zero attached hydrogens (tertiary/aromatic N) is 1. The van der Waals surface area contributed by atoms with Crippen LogP contribution in [0.3, 0.4) is 0 Å². The van der Waals surface area contributed by atoms with Crippen LogP contribution in [0.5, 0.6) is 5.75 Å². The second-order valence-corrected chi connectivity index (χ2v) is 4.62. The maximum absolute atomic E-state index is 12.1. The molecule has 1 amide bonds. The largest absolute Gasteiger partial charge is 0.506 e.